The van der Waals surface area contributed by atoms with E-state index in [0.29, 0.717) is 11.7 Å². The maximum absolute atomic E-state index is 12.7. The van der Waals surface area contributed by atoms with Crippen molar-refractivity contribution in [3.05, 3.63) is 28.8 Å². The number of hydrogen-bond donors (Lipinski definition) is 2. The molecule has 1 aromatic carbocycles. The fourth-order valence-electron chi connectivity index (χ4n) is 6.71. The van der Waals surface area contributed by atoms with E-state index in [9.17, 15) is 14.7 Å². The molecule has 2 bridgehead atoms. The number of carbonyl (C=O) groups is 2. The lowest BCUT2D eigenvalue weighted by Gasteiger charge is -2.60. The highest BCUT2D eigenvalue weighted by Gasteiger charge is 2.69. The van der Waals surface area contributed by atoms with E-state index < -0.39 is 41.4 Å². The number of benzene rings is 1. The molecule has 202 valence electrons. The highest BCUT2D eigenvalue weighted by atomic mass is 35.5. The summed E-state index contributed by atoms with van der Waals surface area (Å²) in [5.74, 6) is -1.46. The molecule has 10 nitrogen and oxygen atoms in total. The van der Waals surface area contributed by atoms with E-state index in [-0.39, 0.29) is 41.6 Å². The van der Waals surface area contributed by atoms with Crippen LogP contribution >= 0.6 is 11.6 Å². The largest absolute Gasteiger partial charge is 0.479 e. The lowest BCUT2D eigenvalue weighted by molar-refractivity contribution is -0.575. The molecule has 7 rings (SSSR count). The lowest BCUT2D eigenvalue weighted by atomic mass is 9.58. The van der Waals surface area contributed by atoms with Gasteiger partial charge in [0, 0.05) is 23.8 Å². The summed E-state index contributed by atoms with van der Waals surface area (Å²) in [5, 5.41) is 12.2. The van der Waals surface area contributed by atoms with Gasteiger partial charge < -0.3 is 29.4 Å². The molecule has 5 aliphatic heterocycles. The van der Waals surface area contributed by atoms with Crippen LogP contribution in [0, 0.1) is 23.7 Å². The van der Waals surface area contributed by atoms with Crippen molar-refractivity contribution in [2.75, 3.05) is 13.2 Å². The van der Waals surface area contributed by atoms with Gasteiger partial charge >= 0.3 is 5.97 Å². The summed E-state index contributed by atoms with van der Waals surface area (Å²) in [6, 6.07) is 4.59. The summed E-state index contributed by atoms with van der Waals surface area (Å²) in [6.45, 7) is 6.05. The number of carboxylic acids is 1. The number of carboxylic acid groups (broad SMARTS) is 1. The monoisotopic (exact) mass is 537 g/mol. The van der Waals surface area contributed by atoms with Crippen molar-refractivity contribution in [2.24, 2.45) is 23.7 Å². The fourth-order valence-corrected chi connectivity index (χ4v) is 6.94. The third-order valence-electron chi connectivity index (χ3n) is 8.99. The van der Waals surface area contributed by atoms with Crippen molar-refractivity contribution in [1.82, 2.24) is 5.32 Å². The van der Waals surface area contributed by atoms with E-state index in [1.165, 1.54) is 6.07 Å². The Morgan fingerprint density at radius 3 is 2.59 bits per heavy atom. The van der Waals surface area contributed by atoms with Crippen LogP contribution in [0.5, 0.6) is 5.75 Å². The van der Waals surface area contributed by atoms with Crippen LogP contribution in [-0.2, 0) is 28.8 Å². The number of amides is 1. The zero-order chi connectivity index (χ0) is 26.2. The van der Waals surface area contributed by atoms with E-state index >= 15 is 0 Å². The van der Waals surface area contributed by atoms with Crippen LogP contribution in [0.4, 0.5) is 0 Å². The van der Waals surface area contributed by atoms with Crippen molar-refractivity contribution in [3.63, 3.8) is 0 Å². The Morgan fingerprint density at radius 2 is 1.92 bits per heavy atom. The van der Waals surface area contributed by atoms with Gasteiger partial charge in [-0.05, 0) is 56.2 Å². The second kappa shape index (κ2) is 8.79. The molecule has 0 aromatic heterocycles. The van der Waals surface area contributed by atoms with Gasteiger partial charge in [-0.25, -0.2) is 14.6 Å². The van der Waals surface area contributed by atoms with Crippen molar-refractivity contribution in [1.29, 1.82) is 0 Å². The lowest BCUT2D eigenvalue weighted by Crippen LogP contribution is -2.70. The number of ether oxygens (including phenoxy) is 4. The van der Waals surface area contributed by atoms with E-state index in [0.717, 1.165) is 25.7 Å². The summed E-state index contributed by atoms with van der Waals surface area (Å²) in [6.07, 6.45) is 2.38. The Hall–Kier alpha value is -1.95. The average molecular weight is 538 g/mol. The molecule has 1 aliphatic carbocycles. The molecule has 5 heterocycles. The quantitative estimate of drug-likeness (QED) is 0.543. The molecular formula is C26H32ClNO9. The van der Waals surface area contributed by atoms with Gasteiger partial charge in [-0.15, -0.1) is 0 Å². The molecule has 5 saturated heterocycles. The molecule has 6 aliphatic rings. The minimum absolute atomic E-state index is 0.0472. The molecule has 1 saturated carbocycles. The Morgan fingerprint density at radius 1 is 1.14 bits per heavy atom. The minimum atomic E-state index is -1.42. The number of nitrogens with one attached hydrogen (secondary N) is 1. The first-order chi connectivity index (χ1) is 17.6. The van der Waals surface area contributed by atoms with Gasteiger partial charge in [-0.2, -0.15) is 0 Å². The van der Waals surface area contributed by atoms with E-state index in [1.807, 2.05) is 6.92 Å². The normalized spacial score (nSPS) is 41.6. The predicted octanol–water partition coefficient (Wildman–Crippen LogP) is 3.51. The highest BCUT2D eigenvalue weighted by molar-refractivity contribution is 6.32. The predicted molar refractivity (Wildman–Crippen MR) is 128 cm³/mol. The summed E-state index contributed by atoms with van der Waals surface area (Å²) in [4.78, 5) is 36.3. The zero-order valence-electron chi connectivity index (χ0n) is 21.0. The number of aliphatic carboxylic acids is 1. The first-order valence-electron chi connectivity index (χ1n) is 12.9. The Balaban J connectivity index is 1.22. The molecule has 8 atom stereocenters. The van der Waals surface area contributed by atoms with Crippen LogP contribution in [0.3, 0.4) is 0 Å². The number of hydrogen-bond acceptors (Lipinski definition) is 8. The number of carbonyl (C=O) groups excluding carboxylic acids is 1. The van der Waals surface area contributed by atoms with Crippen molar-refractivity contribution in [2.45, 2.75) is 76.0 Å². The summed E-state index contributed by atoms with van der Waals surface area (Å²) < 4.78 is 24.1. The van der Waals surface area contributed by atoms with Crippen molar-refractivity contribution >= 4 is 23.5 Å². The molecule has 2 N–H and O–H groups in total. The minimum Gasteiger partial charge on any atom is -0.479 e. The maximum Gasteiger partial charge on any atom is 0.334 e. The molecule has 1 aromatic rings. The molecular weight excluding hydrogens is 506 g/mol. The van der Waals surface area contributed by atoms with Crippen molar-refractivity contribution in [3.8, 4) is 5.75 Å². The van der Waals surface area contributed by atoms with Gasteiger partial charge in [-0.3, -0.25) is 4.79 Å². The average Bonchev–Trinajstić information content (AvgIpc) is 3.06. The number of halogens is 1. The molecule has 0 unspecified atom stereocenters. The smallest absolute Gasteiger partial charge is 0.334 e. The second-order valence-corrected chi connectivity index (χ2v) is 11.8. The molecule has 1 amide bonds. The maximum atomic E-state index is 12.7. The van der Waals surface area contributed by atoms with Gasteiger partial charge in [0.1, 0.15) is 5.75 Å². The van der Waals surface area contributed by atoms with Gasteiger partial charge in [0.25, 0.3) is 5.91 Å². The zero-order valence-corrected chi connectivity index (χ0v) is 21.8. The standard InChI is InChI=1S/C26H32ClNO9/c1-13-4-6-17-14(2)21(34-23-26(17)16(13)8-9-24(3,35-23)36-37-26)33-19-7-5-15(10-18(19)27)20(29)28-25(22(30)31)11-32-12-25/h5,7,10,13-14,16-17,21,23H,4,6,8-9,11-12H2,1-3H3,(H,28,29)(H,30,31)/t13-,14-,16+,17+,21+,23-,24-,26-/m1/s1. The highest BCUT2D eigenvalue weighted by Crippen LogP contribution is 2.60. The van der Waals surface area contributed by atoms with E-state index in [4.69, 9.17) is 40.3 Å². The van der Waals surface area contributed by atoms with E-state index in [1.54, 1.807) is 12.1 Å². The molecule has 11 heteroatoms. The summed E-state index contributed by atoms with van der Waals surface area (Å²) in [5.41, 5.74) is -1.90. The third kappa shape index (κ3) is 3.87. The van der Waals surface area contributed by atoms with Crippen LogP contribution < -0.4 is 10.1 Å². The van der Waals surface area contributed by atoms with Gasteiger partial charge in [0.05, 0.1) is 18.2 Å². The Labute approximate surface area is 219 Å². The molecule has 6 fully saturated rings. The van der Waals surface area contributed by atoms with E-state index in [2.05, 4.69) is 19.2 Å². The first kappa shape index (κ1) is 25.3. The van der Waals surface area contributed by atoms with Crippen LogP contribution in [0.15, 0.2) is 18.2 Å². The Bertz CT molecular complexity index is 1110. The molecule has 0 radical (unpaired) electrons. The Kier molecular flexibility index (Phi) is 6.02. The van der Waals surface area contributed by atoms with Crippen LogP contribution in [-0.4, -0.2) is 59.7 Å². The molecule has 1 spiro atoms. The van der Waals surface area contributed by atoms with Gasteiger partial charge in [0.2, 0.25) is 12.1 Å². The number of fused-ring (bicyclic) bond motifs is 2. The summed E-state index contributed by atoms with van der Waals surface area (Å²) in [7, 11) is 0. The SMILES string of the molecule is C[C@H]1[C@@H](Oc2ccc(C(=O)NC3(C(=O)O)COC3)cc2Cl)O[C@@H]2O[C@@]3(C)CC[C@H]4[C@H](C)CC[C@@H]1[C@@]24OO3. The van der Waals surface area contributed by atoms with Gasteiger partial charge in [-0.1, -0.05) is 25.4 Å². The fraction of sp³-hybridized carbons (Fsp3) is 0.692. The first-order valence-corrected chi connectivity index (χ1v) is 13.2. The van der Waals surface area contributed by atoms with Crippen molar-refractivity contribution < 1.29 is 43.4 Å². The topological polar surface area (TPSA) is 122 Å². The second-order valence-electron chi connectivity index (χ2n) is 11.4. The third-order valence-corrected chi connectivity index (χ3v) is 9.29. The van der Waals surface area contributed by atoms with Crippen LogP contribution in [0.2, 0.25) is 5.02 Å². The van der Waals surface area contributed by atoms with Crippen LogP contribution in [0.1, 0.15) is 56.8 Å². The van der Waals surface area contributed by atoms with Gasteiger partial charge in [0.15, 0.2) is 17.4 Å². The summed E-state index contributed by atoms with van der Waals surface area (Å²) >= 11 is 6.52. The number of rotatable bonds is 5. The van der Waals surface area contributed by atoms with Crippen LogP contribution in [0.25, 0.3) is 0 Å². The molecule has 37 heavy (non-hydrogen) atoms.